The molecule has 3 aromatic heterocycles. The molecule has 6 nitrogen and oxygen atoms in total. The normalized spacial score (nSPS) is 16.4. The van der Waals surface area contributed by atoms with Crippen molar-refractivity contribution in [1.82, 2.24) is 29.8 Å². The van der Waals surface area contributed by atoms with E-state index in [4.69, 9.17) is 0 Å². The second-order valence-corrected chi connectivity index (χ2v) is 19.1. The highest BCUT2D eigenvalue weighted by Crippen LogP contribution is 2.61. The number of nitrogens with one attached hydrogen (secondary N) is 1. The van der Waals surface area contributed by atoms with Gasteiger partial charge in [0, 0.05) is 38.5 Å². The van der Waals surface area contributed by atoms with Gasteiger partial charge in [-0.2, -0.15) is 5.21 Å². The third-order valence-electron chi connectivity index (χ3n) is 15.4. The van der Waals surface area contributed by atoms with Gasteiger partial charge in [-0.3, -0.25) is 0 Å². The summed E-state index contributed by atoms with van der Waals surface area (Å²) in [5, 5.41) is 20.8. The standard InChI is InChI=1S/C65H46N6/c1-42-25-30-45(31-26-42)64(47-34-37-61-53(40-47)51-19-9-13-23-59(51)70(61)49-15-5-3-6-16-49)55-21-11-12-22-56(55)65(46-32-27-43(2)28-33-46,58-39-44(29-36-57(58)64)63-66-68-69-67-63)48-35-38-62-54(41-48)52-20-10-14-24-60(52)71(62)50-17-7-4-8-18-50/h3-41H,1-2H3,(H,66,67,68,69). The Kier molecular flexibility index (Phi) is 9.05. The van der Waals surface area contributed by atoms with E-state index in [2.05, 4.69) is 280 Å². The third kappa shape index (κ3) is 5.85. The largest absolute Gasteiger partial charge is 0.309 e. The molecule has 71 heavy (non-hydrogen) atoms. The molecule has 0 spiro atoms. The van der Waals surface area contributed by atoms with E-state index < -0.39 is 10.8 Å². The molecular weight excluding hydrogens is 865 g/mol. The Balaban J connectivity index is 1.15. The molecule has 0 saturated carbocycles. The van der Waals surface area contributed by atoms with Gasteiger partial charge in [-0.05, 0) is 130 Å². The van der Waals surface area contributed by atoms with E-state index in [-0.39, 0.29) is 0 Å². The van der Waals surface area contributed by atoms with Gasteiger partial charge in [0.2, 0.25) is 5.82 Å². The van der Waals surface area contributed by atoms with Crippen LogP contribution in [0.3, 0.4) is 0 Å². The van der Waals surface area contributed by atoms with Crippen LogP contribution in [0.25, 0.3) is 66.4 Å². The van der Waals surface area contributed by atoms with Crippen molar-refractivity contribution in [3.05, 3.63) is 292 Å². The Labute approximate surface area is 411 Å². The highest BCUT2D eigenvalue weighted by molar-refractivity contribution is 6.11. The zero-order valence-electron chi connectivity index (χ0n) is 39.3. The maximum Gasteiger partial charge on any atom is 0.204 e. The molecule has 0 bridgehead atoms. The first-order valence-corrected chi connectivity index (χ1v) is 24.3. The smallest absolute Gasteiger partial charge is 0.204 e. The Hall–Kier alpha value is -9.13. The number of hydrogen-bond acceptors (Lipinski definition) is 3. The molecule has 14 rings (SSSR count). The molecule has 13 aromatic rings. The lowest BCUT2D eigenvalue weighted by Crippen LogP contribution is -2.45. The van der Waals surface area contributed by atoms with E-state index in [1.54, 1.807) is 0 Å². The summed E-state index contributed by atoms with van der Waals surface area (Å²) in [6.07, 6.45) is 0. The molecule has 1 aliphatic rings. The Morgan fingerprint density at radius 1 is 0.352 bits per heavy atom. The van der Waals surface area contributed by atoms with Crippen LogP contribution in [0, 0.1) is 13.8 Å². The molecule has 0 saturated heterocycles. The van der Waals surface area contributed by atoms with Crippen molar-refractivity contribution in [2.45, 2.75) is 24.7 Å². The minimum absolute atomic E-state index is 0.543. The van der Waals surface area contributed by atoms with Crippen molar-refractivity contribution in [1.29, 1.82) is 0 Å². The lowest BCUT2D eigenvalue weighted by molar-refractivity contribution is 0.616. The Morgan fingerprint density at radius 3 is 1.27 bits per heavy atom. The fourth-order valence-electron chi connectivity index (χ4n) is 12.3. The van der Waals surface area contributed by atoms with E-state index in [9.17, 15) is 0 Å². The molecule has 0 amide bonds. The highest BCUT2D eigenvalue weighted by atomic mass is 15.5. The van der Waals surface area contributed by atoms with E-state index in [0.29, 0.717) is 5.82 Å². The highest BCUT2D eigenvalue weighted by Gasteiger charge is 2.54. The number of aryl methyl sites for hydroxylation is 2. The number of H-pyrrole nitrogens is 1. The van der Waals surface area contributed by atoms with Crippen molar-refractivity contribution >= 4 is 43.6 Å². The number of hydrogen-bond donors (Lipinski definition) is 1. The molecule has 336 valence electrons. The minimum Gasteiger partial charge on any atom is -0.309 e. The lowest BCUT2D eigenvalue weighted by atomic mass is 9.50. The Morgan fingerprint density at radius 2 is 0.775 bits per heavy atom. The summed E-state index contributed by atoms with van der Waals surface area (Å²) in [6.45, 7) is 4.35. The fraction of sp³-hybridized carbons (Fsp3) is 0.0615. The molecule has 0 fully saturated rings. The maximum absolute atomic E-state index is 4.59. The van der Waals surface area contributed by atoms with Crippen molar-refractivity contribution in [2.75, 3.05) is 0 Å². The topological polar surface area (TPSA) is 64.3 Å². The van der Waals surface area contributed by atoms with Crippen molar-refractivity contribution in [3.63, 3.8) is 0 Å². The molecule has 1 aliphatic carbocycles. The van der Waals surface area contributed by atoms with Gasteiger partial charge in [-0.1, -0.05) is 181 Å². The predicted octanol–water partition coefficient (Wildman–Crippen LogP) is 14.8. The van der Waals surface area contributed by atoms with Gasteiger partial charge < -0.3 is 9.13 Å². The molecule has 2 unspecified atom stereocenters. The summed E-state index contributed by atoms with van der Waals surface area (Å²) in [5.74, 6) is 0.543. The van der Waals surface area contributed by atoms with E-state index in [0.717, 1.165) is 33.5 Å². The van der Waals surface area contributed by atoms with Crippen LogP contribution in [-0.2, 0) is 10.8 Å². The average Bonchev–Trinajstić information content (AvgIpc) is 4.17. The fourth-order valence-corrected chi connectivity index (χ4v) is 12.3. The van der Waals surface area contributed by atoms with Crippen LogP contribution >= 0.6 is 0 Å². The number of aromatic amines is 1. The number of fused-ring (bicyclic) bond motifs is 8. The van der Waals surface area contributed by atoms with Gasteiger partial charge >= 0.3 is 0 Å². The van der Waals surface area contributed by atoms with Crippen molar-refractivity contribution in [2.24, 2.45) is 0 Å². The third-order valence-corrected chi connectivity index (χ3v) is 15.4. The van der Waals surface area contributed by atoms with Crippen LogP contribution in [0.4, 0.5) is 0 Å². The number of aromatic nitrogens is 6. The predicted molar refractivity (Wildman–Crippen MR) is 288 cm³/mol. The molecule has 3 heterocycles. The van der Waals surface area contributed by atoms with Crippen LogP contribution in [0.1, 0.15) is 55.6 Å². The quantitative estimate of drug-likeness (QED) is 0.173. The minimum atomic E-state index is -0.828. The van der Waals surface area contributed by atoms with Crippen LogP contribution in [0.5, 0.6) is 0 Å². The zero-order chi connectivity index (χ0) is 47.3. The van der Waals surface area contributed by atoms with E-state index >= 15 is 0 Å². The van der Waals surface area contributed by atoms with Gasteiger partial charge in [0.1, 0.15) is 0 Å². The summed E-state index contributed by atoms with van der Waals surface area (Å²) in [6, 6.07) is 88.1. The first kappa shape index (κ1) is 40.9. The maximum atomic E-state index is 4.59. The first-order valence-electron chi connectivity index (χ1n) is 24.3. The number of tetrazole rings is 1. The molecule has 1 N–H and O–H groups in total. The number of para-hydroxylation sites is 4. The van der Waals surface area contributed by atoms with E-state index in [1.807, 2.05) is 0 Å². The number of rotatable bonds is 7. The van der Waals surface area contributed by atoms with Gasteiger partial charge in [0.15, 0.2) is 0 Å². The molecule has 0 aliphatic heterocycles. The summed E-state index contributed by atoms with van der Waals surface area (Å²) >= 11 is 0. The van der Waals surface area contributed by atoms with Crippen LogP contribution in [0.15, 0.2) is 237 Å². The zero-order valence-corrected chi connectivity index (χ0v) is 39.3. The lowest BCUT2D eigenvalue weighted by Gasteiger charge is -2.51. The monoisotopic (exact) mass is 910 g/mol. The van der Waals surface area contributed by atoms with Gasteiger partial charge in [-0.25, -0.2) is 0 Å². The van der Waals surface area contributed by atoms with E-state index in [1.165, 1.54) is 82.6 Å². The number of benzene rings is 10. The van der Waals surface area contributed by atoms with Gasteiger partial charge in [0.25, 0.3) is 0 Å². The van der Waals surface area contributed by atoms with Gasteiger partial charge in [0.05, 0.1) is 32.9 Å². The Bertz CT molecular complexity index is 4170. The summed E-state index contributed by atoms with van der Waals surface area (Å²) in [5.41, 5.74) is 18.1. The average molecular weight is 911 g/mol. The van der Waals surface area contributed by atoms with Crippen LogP contribution < -0.4 is 0 Å². The van der Waals surface area contributed by atoms with Crippen LogP contribution in [0.2, 0.25) is 0 Å². The number of nitrogens with zero attached hydrogens (tertiary/aromatic N) is 5. The second kappa shape index (κ2) is 15.7. The first-order chi connectivity index (χ1) is 35.0. The van der Waals surface area contributed by atoms with Crippen LogP contribution in [-0.4, -0.2) is 29.8 Å². The van der Waals surface area contributed by atoms with Crippen molar-refractivity contribution in [3.8, 4) is 22.8 Å². The summed E-state index contributed by atoms with van der Waals surface area (Å²) < 4.78 is 4.80. The second-order valence-electron chi connectivity index (χ2n) is 19.1. The summed E-state index contributed by atoms with van der Waals surface area (Å²) in [4.78, 5) is 0. The molecule has 6 heteroatoms. The summed E-state index contributed by atoms with van der Waals surface area (Å²) in [7, 11) is 0. The SMILES string of the molecule is Cc1ccc(C2(c3ccc4c(c3)c3ccccc3n4-c3ccccc3)c3ccccc3C(c3ccc(C)cc3)(c3ccc4c(c3)c3ccccc3n4-c3ccccc3)c3cc(-c4nn[nH]n4)ccc32)cc1. The van der Waals surface area contributed by atoms with Crippen molar-refractivity contribution < 1.29 is 0 Å². The molecular formula is C65H46N6. The molecule has 2 atom stereocenters. The van der Waals surface area contributed by atoms with Gasteiger partial charge in [-0.15, -0.1) is 10.2 Å². The molecule has 10 aromatic carbocycles. The molecule has 0 radical (unpaired) electrons.